The Morgan fingerprint density at radius 2 is 2.18 bits per heavy atom. The molecule has 0 bridgehead atoms. The van der Waals surface area contributed by atoms with Gasteiger partial charge in [0.05, 0.1) is 12.7 Å². The summed E-state index contributed by atoms with van der Waals surface area (Å²) in [5.74, 6) is 0.819. The molecule has 0 saturated carbocycles. The van der Waals surface area contributed by atoms with Crippen LogP contribution in [0.15, 0.2) is 0 Å². The van der Waals surface area contributed by atoms with Crippen LogP contribution in [0.1, 0.15) is 40.5 Å². The van der Waals surface area contributed by atoms with Gasteiger partial charge in [0.1, 0.15) is 0 Å². The van der Waals surface area contributed by atoms with Crippen LogP contribution in [0, 0.1) is 11.3 Å². The van der Waals surface area contributed by atoms with Crippen LogP contribution in [-0.2, 0) is 4.74 Å². The first kappa shape index (κ1) is 9.05. The molecule has 0 unspecified atom stereocenters. The first-order valence-electron chi connectivity index (χ1n) is 4.68. The summed E-state index contributed by atoms with van der Waals surface area (Å²) >= 11 is 0. The van der Waals surface area contributed by atoms with Crippen LogP contribution < -0.4 is 0 Å². The standard InChI is InChI=1S/C10H20O/c1-5-8(2)6-9-10(3,4)7-11-9/h8-9H,5-7H2,1-4H3/t8-,9-/m0/s1. The highest BCUT2D eigenvalue weighted by Gasteiger charge is 2.40. The van der Waals surface area contributed by atoms with Gasteiger partial charge in [-0.3, -0.25) is 0 Å². The molecule has 11 heavy (non-hydrogen) atoms. The third kappa shape index (κ3) is 1.96. The monoisotopic (exact) mass is 156 g/mol. The number of hydrogen-bond donors (Lipinski definition) is 0. The molecule has 1 fully saturated rings. The van der Waals surface area contributed by atoms with Gasteiger partial charge in [0, 0.05) is 5.41 Å². The van der Waals surface area contributed by atoms with E-state index in [1.165, 1.54) is 12.8 Å². The minimum atomic E-state index is 0.448. The Labute approximate surface area is 70.1 Å². The van der Waals surface area contributed by atoms with Crippen molar-refractivity contribution in [2.75, 3.05) is 6.61 Å². The lowest BCUT2D eigenvalue weighted by Crippen LogP contribution is -2.48. The van der Waals surface area contributed by atoms with E-state index in [1.807, 2.05) is 0 Å². The summed E-state index contributed by atoms with van der Waals surface area (Å²) in [5.41, 5.74) is 0.448. The van der Waals surface area contributed by atoms with E-state index >= 15 is 0 Å². The SMILES string of the molecule is CC[C@H](C)C[C@@H]1OCC1(C)C. The molecular weight excluding hydrogens is 136 g/mol. The van der Waals surface area contributed by atoms with Crippen LogP contribution >= 0.6 is 0 Å². The van der Waals surface area contributed by atoms with Gasteiger partial charge >= 0.3 is 0 Å². The zero-order valence-corrected chi connectivity index (χ0v) is 8.18. The lowest BCUT2D eigenvalue weighted by Gasteiger charge is -2.45. The summed E-state index contributed by atoms with van der Waals surface area (Å²) in [6.07, 6.45) is 3.04. The van der Waals surface area contributed by atoms with E-state index in [0.29, 0.717) is 11.5 Å². The average molecular weight is 156 g/mol. The maximum absolute atomic E-state index is 5.52. The second-order valence-electron chi connectivity index (χ2n) is 4.54. The van der Waals surface area contributed by atoms with E-state index in [0.717, 1.165) is 12.5 Å². The largest absolute Gasteiger partial charge is 0.377 e. The van der Waals surface area contributed by atoms with Crippen LogP contribution in [0.5, 0.6) is 0 Å². The molecule has 66 valence electrons. The topological polar surface area (TPSA) is 9.23 Å². The normalized spacial score (nSPS) is 31.1. The molecule has 0 amide bonds. The van der Waals surface area contributed by atoms with Crippen LogP contribution in [0.25, 0.3) is 0 Å². The Bertz CT molecular complexity index is 129. The van der Waals surface area contributed by atoms with Crippen molar-refractivity contribution in [1.29, 1.82) is 0 Å². The van der Waals surface area contributed by atoms with Gasteiger partial charge in [0.15, 0.2) is 0 Å². The van der Waals surface area contributed by atoms with Crippen molar-refractivity contribution >= 4 is 0 Å². The van der Waals surface area contributed by atoms with Crippen molar-refractivity contribution in [2.45, 2.75) is 46.6 Å². The molecule has 0 aliphatic carbocycles. The molecule has 2 atom stereocenters. The average Bonchev–Trinajstić information content (AvgIpc) is 1.98. The van der Waals surface area contributed by atoms with Gasteiger partial charge in [0.2, 0.25) is 0 Å². The van der Waals surface area contributed by atoms with Gasteiger partial charge in [-0.1, -0.05) is 34.1 Å². The molecule has 0 aromatic carbocycles. The Hall–Kier alpha value is -0.0400. The zero-order chi connectivity index (χ0) is 8.48. The summed E-state index contributed by atoms with van der Waals surface area (Å²) in [6.45, 7) is 10.1. The second kappa shape index (κ2) is 3.14. The first-order valence-corrected chi connectivity index (χ1v) is 4.68. The molecule has 1 aliphatic rings. The molecular formula is C10H20O. The number of ether oxygens (including phenoxy) is 1. The van der Waals surface area contributed by atoms with Crippen molar-refractivity contribution in [2.24, 2.45) is 11.3 Å². The van der Waals surface area contributed by atoms with Gasteiger partial charge in [-0.05, 0) is 12.3 Å². The zero-order valence-electron chi connectivity index (χ0n) is 8.18. The van der Waals surface area contributed by atoms with Crippen LogP contribution in [0.4, 0.5) is 0 Å². The van der Waals surface area contributed by atoms with Crippen molar-refractivity contribution in [3.8, 4) is 0 Å². The summed E-state index contributed by atoms with van der Waals surface area (Å²) in [6, 6.07) is 0. The Morgan fingerprint density at radius 1 is 1.55 bits per heavy atom. The fourth-order valence-corrected chi connectivity index (χ4v) is 1.45. The molecule has 1 rings (SSSR count). The quantitative estimate of drug-likeness (QED) is 0.610. The van der Waals surface area contributed by atoms with Crippen LogP contribution in [0.3, 0.4) is 0 Å². The fraction of sp³-hybridized carbons (Fsp3) is 1.00. The van der Waals surface area contributed by atoms with Gasteiger partial charge in [0.25, 0.3) is 0 Å². The van der Waals surface area contributed by atoms with E-state index in [2.05, 4.69) is 27.7 Å². The van der Waals surface area contributed by atoms with E-state index in [-0.39, 0.29) is 0 Å². The van der Waals surface area contributed by atoms with E-state index < -0.39 is 0 Å². The van der Waals surface area contributed by atoms with E-state index in [4.69, 9.17) is 4.74 Å². The first-order chi connectivity index (χ1) is 5.06. The molecule has 1 heteroatoms. The molecule has 0 radical (unpaired) electrons. The highest BCUT2D eigenvalue weighted by Crippen LogP contribution is 2.37. The third-order valence-corrected chi connectivity index (χ3v) is 2.84. The Morgan fingerprint density at radius 3 is 2.45 bits per heavy atom. The molecule has 1 saturated heterocycles. The fourth-order valence-electron chi connectivity index (χ4n) is 1.45. The van der Waals surface area contributed by atoms with Crippen LogP contribution in [-0.4, -0.2) is 12.7 Å². The maximum atomic E-state index is 5.52. The van der Waals surface area contributed by atoms with Gasteiger partial charge < -0.3 is 4.74 Å². The predicted octanol–water partition coefficient (Wildman–Crippen LogP) is 2.85. The third-order valence-electron chi connectivity index (χ3n) is 2.84. The molecule has 0 aromatic heterocycles. The summed E-state index contributed by atoms with van der Waals surface area (Å²) in [4.78, 5) is 0. The Balaban J connectivity index is 2.28. The summed E-state index contributed by atoms with van der Waals surface area (Å²) < 4.78 is 5.52. The lowest BCUT2D eigenvalue weighted by atomic mass is 9.78. The summed E-state index contributed by atoms with van der Waals surface area (Å²) in [5, 5.41) is 0. The molecule has 0 N–H and O–H groups in total. The van der Waals surface area contributed by atoms with Crippen molar-refractivity contribution in [3.05, 3.63) is 0 Å². The van der Waals surface area contributed by atoms with Crippen LogP contribution in [0.2, 0.25) is 0 Å². The van der Waals surface area contributed by atoms with Crippen molar-refractivity contribution < 1.29 is 4.74 Å². The van der Waals surface area contributed by atoms with Gasteiger partial charge in [-0.15, -0.1) is 0 Å². The highest BCUT2D eigenvalue weighted by molar-refractivity contribution is 4.87. The smallest absolute Gasteiger partial charge is 0.0650 e. The molecule has 1 nitrogen and oxygen atoms in total. The second-order valence-corrected chi connectivity index (χ2v) is 4.54. The maximum Gasteiger partial charge on any atom is 0.0650 e. The predicted molar refractivity (Wildman–Crippen MR) is 47.6 cm³/mol. The lowest BCUT2D eigenvalue weighted by molar-refractivity contribution is -0.175. The number of hydrogen-bond acceptors (Lipinski definition) is 1. The van der Waals surface area contributed by atoms with Crippen molar-refractivity contribution in [1.82, 2.24) is 0 Å². The minimum Gasteiger partial charge on any atom is -0.377 e. The van der Waals surface area contributed by atoms with Gasteiger partial charge in [-0.2, -0.15) is 0 Å². The van der Waals surface area contributed by atoms with E-state index in [1.54, 1.807) is 0 Å². The minimum absolute atomic E-state index is 0.448. The van der Waals surface area contributed by atoms with Crippen molar-refractivity contribution in [3.63, 3.8) is 0 Å². The molecule has 0 aromatic rings. The molecule has 1 heterocycles. The molecule has 0 spiro atoms. The highest BCUT2D eigenvalue weighted by atomic mass is 16.5. The molecule has 1 aliphatic heterocycles. The van der Waals surface area contributed by atoms with Gasteiger partial charge in [-0.25, -0.2) is 0 Å². The number of rotatable bonds is 3. The Kier molecular flexibility index (Phi) is 2.58. The summed E-state index contributed by atoms with van der Waals surface area (Å²) in [7, 11) is 0. The van der Waals surface area contributed by atoms with E-state index in [9.17, 15) is 0 Å².